The van der Waals surface area contributed by atoms with Crippen molar-refractivity contribution in [3.05, 3.63) is 18.2 Å². The van der Waals surface area contributed by atoms with Crippen molar-refractivity contribution in [2.75, 3.05) is 17.7 Å². The van der Waals surface area contributed by atoms with E-state index >= 15 is 0 Å². The van der Waals surface area contributed by atoms with Gasteiger partial charge >= 0.3 is 0 Å². The zero-order valence-corrected chi connectivity index (χ0v) is 15.6. The summed E-state index contributed by atoms with van der Waals surface area (Å²) < 4.78 is 5.33. The minimum absolute atomic E-state index is 0.0483. The first-order chi connectivity index (χ1) is 12.0. The number of nitrogens with one attached hydrogen (secondary N) is 2. The Morgan fingerprint density at radius 2 is 1.88 bits per heavy atom. The molecule has 0 aromatic heterocycles. The van der Waals surface area contributed by atoms with Gasteiger partial charge < -0.3 is 15.4 Å². The Morgan fingerprint density at radius 3 is 2.48 bits per heavy atom. The van der Waals surface area contributed by atoms with Crippen LogP contribution >= 0.6 is 0 Å². The second kappa shape index (κ2) is 9.44. The molecule has 25 heavy (non-hydrogen) atoms. The third-order valence-electron chi connectivity index (χ3n) is 4.96. The molecule has 0 unspecified atom stereocenters. The van der Waals surface area contributed by atoms with Gasteiger partial charge in [0.1, 0.15) is 5.75 Å². The average Bonchev–Trinajstić information content (AvgIpc) is 2.60. The predicted octanol–water partition coefficient (Wildman–Crippen LogP) is 4.59. The third kappa shape index (κ3) is 5.76. The van der Waals surface area contributed by atoms with Crippen LogP contribution in [0.15, 0.2) is 18.2 Å². The molecule has 0 bridgehead atoms. The van der Waals surface area contributed by atoms with Gasteiger partial charge in [-0.25, -0.2) is 0 Å². The highest BCUT2D eigenvalue weighted by Crippen LogP contribution is 2.34. The normalized spacial score (nSPS) is 20.0. The van der Waals surface area contributed by atoms with E-state index in [1.807, 2.05) is 0 Å². The van der Waals surface area contributed by atoms with Crippen molar-refractivity contribution < 1.29 is 14.3 Å². The molecule has 0 spiro atoms. The third-order valence-corrected chi connectivity index (χ3v) is 4.96. The molecule has 2 N–H and O–H groups in total. The maximum Gasteiger partial charge on any atom is 0.227 e. The molecule has 5 nitrogen and oxygen atoms in total. The van der Waals surface area contributed by atoms with Crippen molar-refractivity contribution in [3.63, 3.8) is 0 Å². The summed E-state index contributed by atoms with van der Waals surface area (Å²) in [6.45, 7) is 3.68. The molecule has 1 aliphatic carbocycles. The Labute approximate surface area is 150 Å². The summed E-state index contributed by atoms with van der Waals surface area (Å²) in [6.07, 6.45) is 8.00. The van der Waals surface area contributed by atoms with Gasteiger partial charge in [0.05, 0.1) is 12.8 Å². The van der Waals surface area contributed by atoms with E-state index in [2.05, 4.69) is 17.6 Å². The summed E-state index contributed by atoms with van der Waals surface area (Å²) in [6, 6.07) is 5.25. The van der Waals surface area contributed by atoms with Crippen molar-refractivity contribution in [3.8, 4) is 5.75 Å². The van der Waals surface area contributed by atoms with Gasteiger partial charge in [-0.15, -0.1) is 0 Å². The Bertz CT molecular complexity index is 593. The smallest absolute Gasteiger partial charge is 0.227 e. The highest BCUT2D eigenvalue weighted by Gasteiger charge is 2.26. The number of methoxy groups -OCH3 is 1. The van der Waals surface area contributed by atoms with Crippen molar-refractivity contribution in [2.24, 2.45) is 11.8 Å². The minimum Gasteiger partial charge on any atom is -0.495 e. The summed E-state index contributed by atoms with van der Waals surface area (Å²) in [5.74, 6) is 1.34. The fourth-order valence-electron chi connectivity index (χ4n) is 3.53. The number of hydrogen-bond acceptors (Lipinski definition) is 3. The highest BCUT2D eigenvalue weighted by molar-refractivity contribution is 5.96. The number of anilines is 2. The fraction of sp³-hybridized carbons (Fsp3) is 0.600. The lowest BCUT2D eigenvalue weighted by molar-refractivity contribution is -0.121. The quantitative estimate of drug-likeness (QED) is 0.759. The van der Waals surface area contributed by atoms with Crippen molar-refractivity contribution >= 4 is 23.2 Å². The lowest BCUT2D eigenvalue weighted by Gasteiger charge is -2.28. The molecule has 0 saturated heterocycles. The Hall–Kier alpha value is -2.04. The largest absolute Gasteiger partial charge is 0.495 e. The lowest BCUT2D eigenvalue weighted by Crippen LogP contribution is -2.27. The first-order valence-electron chi connectivity index (χ1n) is 9.30. The predicted molar refractivity (Wildman–Crippen MR) is 101 cm³/mol. The van der Waals surface area contributed by atoms with Gasteiger partial charge in [0.15, 0.2) is 0 Å². The van der Waals surface area contributed by atoms with Crippen LogP contribution in [0.1, 0.15) is 58.8 Å². The van der Waals surface area contributed by atoms with Crippen LogP contribution in [0.3, 0.4) is 0 Å². The highest BCUT2D eigenvalue weighted by atomic mass is 16.5. The van der Waals surface area contributed by atoms with E-state index < -0.39 is 0 Å². The molecule has 138 valence electrons. The lowest BCUT2D eigenvalue weighted by atomic mass is 9.79. The second-order valence-electron chi connectivity index (χ2n) is 6.95. The second-order valence-corrected chi connectivity index (χ2v) is 6.95. The van der Waals surface area contributed by atoms with E-state index in [0.717, 1.165) is 31.6 Å². The number of hydrogen-bond donors (Lipinski definition) is 2. The van der Waals surface area contributed by atoms with Gasteiger partial charge in [-0.05, 0) is 49.8 Å². The van der Waals surface area contributed by atoms with E-state index in [4.69, 9.17) is 4.74 Å². The molecule has 1 fully saturated rings. The first kappa shape index (κ1) is 19.3. The topological polar surface area (TPSA) is 67.4 Å². The summed E-state index contributed by atoms with van der Waals surface area (Å²) in [7, 11) is 1.57. The number of ether oxygens (including phenoxy) is 1. The van der Waals surface area contributed by atoms with Crippen LogP contribution < -0.4 is 15.4 Å². The Balaban J connectivity index is 1.96. The van der Waals surface area contributed by atoms with Crippen LogP contribution in [0.25, 0.3) is 0 Å². The fourth-order valence-corrected chi connectivity index (χ4v) is 3.53. The van der Waals surface area contributed by atoms with Gasteiger partial charge in [-0.2, -0.15) is 0 Å². The monoisotopic (exact) mass is 346 g/mol. The van der Waals surface area contributed by atoms with E-state index in [1.54, 1.807) is 25.3 Å². The molecule has 0 atom stereocenters. The van der Waals surface area contributed by atoms with E-state index in [-0.39, 0.29) is 17.7 Å². The zero-order chi connectivity index (χ0) is 18.2. The summed E-state index contributed by atoms with van der Waals surface area (Å²) in [4.78, 5) is 23.9. The summed E-state index contributed by atoms with van der Waals surface area (Å²) >= 11 is 0. The first-order valence-corrected chi connectivity index (χ1v) is 9.30. The number of carbonyl (C=O) groups is 2. The van der Waals surface area contributed by atoms with Crippen LogP contribution in [0, 0.1) is 11.8 Å². The molecular formula is C20H30N2O3. The molecule has 5 heteroatoms. The molecule has 0 radical (unpaired) electrons. The average molecular weight is 346 g/mol. The standard InChI is InChI=1S/C20H30N2O3/c1-4-5-6-15-7-9-16(10-8-15)20(24)22-18-13-17(21-14(2)23)11-12-19(18)25-3/h11-13,15-16H,4-10H2,1-3H3,(H,21,23)(H,22,24). The Morgan fingerprint density at radius 1 is 1.16 bits per heavy atom. The maximum absolute atomic E-state index is 12.6. The maximum atomic E-state index is 12.6. The molecular weight excluding hydrogens is 316 g/mol. The molecule has 2 amide bonds. The van der Waals surface area contributed by atoms with E-state index in [0.29, 0.717) is 17.1 Å². The van der Waals surface area contributed by atoms with Gasteiger partial charge in [0.2, 0.25) is 11.8 Å². The Kier molecular flexibility index (Phi) is 7.29. The van der Waals surface area contributed by atoms with Crippen LogP contribution in [0.5, 0.6) is 5.75 Å². The van der Waals surface area contributed by atoms with E-state index in [9.17, 15) is 9.59 Å². The molecule has 0 heterocycles. The zero-order valence-electron chi connectivity index (χ0n) is 15.6. The molecule has 1 aromatic rings. The van der Waals surface area contributed by atoms with Gasteiger partial charge in [-0.3, -0.25) is 9.59 Å². The van der Waals surface area contributed by atoms with Crippen LogP contribution in [0.4, 0.5) is 11.4 Å². The summed E-state index contributed by atoms with van der Waals surface area (Å²) in [5, 5.41) is 5.72. The molecule has 2 rings (SSSR count). The number of rotatable bonds is 7. The number of unbranched alkanes of at least 4 members (excludes halogenated alkanes) is 1. The number of carbonyl (C=O) groups excluding carboxylic acids is 2. The summed E-state index contributed by atoms with van der Waals surface area (Å²) in [5.41, 5.74) is 1.25. The van der Waals surface area contributed by atoms with Crippen LogP contribution in [-0.4, -0.2) is 18.9 Å². The van der Waals surface area contributed by atoms with Gasteiger partial charge in [0.25, 0.3) is 0 Å². The van der Waals surface area contributed by atoms with Gasteiger partial charge in [-0.1, -0.05) is 26.2 Å². The van der Waals surface area contributed by atoms with Crippen molar-refractivity contribution in [2.45, 2.75) is 58.8 Å². The molecule has 1 saturated carbocycles. The molecule has 0 aliphatic heterocycles. The van der Waals surface area contributed by atoms with Crippen LogP contribution in [0.2, 0.25) is 0 Å². The number of amides is 2. The van der Waals surface area contributed by atoms with Gasteiger partial charge in [0, 0.05) is 18.5 Å². The molecule has 1 aromatic carbocycles. The van der Waals surface area contributed by atoms with Crippen molar-refractivity contribution in [1.82, 2.24) is 0 Å². The van der Waals surface area contributed by atoms with Crippen LogP contribution in [-0.2, 0) is 9.59 Å². The SMILES string of the molecule is CCCCC1CCC(C(=O)Nc2cc(NC(C)=O)ccc2OC)CC1. The van der Waals surface area contributed by atoms with E-state index in [1.165, 1.54) is 26.2 Å². The number of benzene rings is 1. The minimum atomic E-state index is -0.146. The van der Waals surface area contributed by atoms with Crippen molar-refractivity contribution in [1.29, 1.82) is 0 Å². The molecule has 1 aliphatic rings.